The van der Waals surface area contributed by atoms with Crippen molar-refractivity contribution in [1.29, 1.82) is 0 Å². The third kappa shape index (κ3) is 6.91. The largest absolute Gasteiger partial charge is 0.357 e. The predicted molar refractivity (Wildman–Crippen MR) is 135 cm³/mol. The van der Waals surface area contributed by atoms with Crippen LogP contribution in [0.2, 0.25) is 0 Å². The van der Waals surface area contributed by atoms with Crippen molar-refractivity contribution in [1.82, 2.24) is 15.6 Å². The highest BCUT2D eigenvalue weighted by molar-refractivity contribution is 14.0. The zero-order valence-electron chi connectivity index (χ0n) is 17.4. The molecule has 1 heterocycles. The van der Waals surface area contributed by atoms with Gasteiger partial charge in [0.15, 0.2) is 5.96 Å². The van der Waals surface area contributed by atoms with Gasteiger partial charge in [-0.25, -0.2) is 0 Å². The number of rotatable bonds is 7. The van der Waals surface area contributed by atoms with Crippen LogP contribution in [0.1, 0.15) is 45.1 Å². The lowest BCUT2D eigenvalue weighted by atomic mass is 9.95. The van der Waals surface area contributed by atoms with Gasteiger partial charge in [0, 0.05) is 52.5 Å². The summed E-state index contributed by atoms with van der Waals surface area (Å²) < 4.78 is 12.2. The second-order valence-electron chi connectivity index (χ2n) is 7.30. The summed E-state index contributed by atoms with van der Waals surface area (Å²) in [6.45, 7) is 5.64. The van der Waals surface area contributed by atoms with Crippen LogP contribution in [-0.4, -0.2) is 45.3 Å². The molecule has 2 aromatic rings. The molecule has 0 amide bonds. The Hall–Kier alpha value is -1.22. The molecule has 0 aliphatic heterocycles. The van der Waals surface area contributed by atoms with E-state index in [1.165, 1.54) is 10.9 Å². The number of para-hydroxylation sites is 1. The molecule has 7 heteroatoms. The van der Waals surface area contributed by atoms with Crippen LogP contribution in [0.3, 0.4) is 0 Å². The third-order valence-corrected chi connectivity index (χ3v) is 7.08. The minimum absolute atomic E-state index is 0. The van der Waals surface area contributed by atoms with Crippen molar-refractivity contribution < 1.29 is 4.21 Å². The Morgan fingerprint density at radius 3 is 2.86 bits per heavy atom. The van der Waals surface area contributed by atoms with Crippen LogP contribution in [0.25, 0.3) is 10.9 Å². The van der Waals surface area contributed by atoms with E-state index in [0.29, 0.717) is 17.8 Å². The van der Waals surface area contributed by atoms with Gasteiger partial charge in [-0.1, -0.05) is 37.6 Å². The summed E-state index contributed by atoms with van der Waals surface area (Å²) in [5.74, 6) is 1.62. The minimum Gasteiger partial charge on any atom is -0.357 e. The summed E-state index contributed by atoms with van der Waals surface area (Å²) in [6, 6.07) is 10.7. The maximum Gasteiger partial charge on any atom is 0.191 e. The van der Waals surface area contributed by atoms with E-state index < -0.39 is 10.8 Å². The van der Waals surface area contributed by atoms with Gasteiger partial charge >= 0.3 is 0 Å². The van der Waals surface area contributed by atoms with Crippen LogP contribution in [0.4, 0.5) is 0 Å². The Balaban J connectivity index is 0.00000300. The van der Waals surface area contributed by atoms with Gasteiger partial charge in [-0.3, -0.25) is 14.2 Å². The molecular weight excluding hydrogens is 495 g/mol. The SMILES string of the molecule is CCNC(=NCCc1cccc2cccnc12)NC1CCCC(S(=O)CC)C1.I. The summed E-state index contributed by atoms with van der Waals surface area (Å²) in [4.78, 5) is 9.32. The van der Waals surface area contributed by atoms with Crippen molar-refractivity contribution >= 4 is 51.6 Å². The van der Waals surface area contributed by atoms with Crippen molar-refractivity contribution in [2.45, 2.75) is 57.2 Å². The summed E-state index contributed by atoms with van der Waals surface area (Å²) in [7, 11) is -0.704. The second kappa shape index (κ2) is 12.5. The van der Waals surface area contributed by atoms with Gasteiger partial charge in [0.05, 0.1) is 5.52 Å². The lowest BCUT2D eigenvalue weighted by Gasteiger charge is -2.30. The van der Waals surface area contributed by atoms with Crippen molar-refractivity contribution in [2.75, 3.05) is 18.8 Å². The number of hydrogen-bond acceptors (Lipinski definition) is 3. The first-order chi connectivity index (χ1) is 13.7. The maximum atomic E-state index is 12.2. The number of benzene rings is 1. The van der Waals surface area contributed by atoms with Crippen molar-refractivity contribution in [3.63, 3.8) is 0 Å². The van der Waals surface area contributed by atoms with Gasteiger partial charge in [-0.15, -0.1) is 24.0 Å². The molecule has 0 saturated heterocycles. The molecule has 1 fully saturated rings. The lowest BCUT2D eigenvalue weighted by molar-refractivity contribution is 0.413. The Morgan fingerprint density at radius 2 is 2.07 bits per heavy atom. The second-order valence-corrected chi connectivity index (χ2v) is 9.31. The summed E-state index contributed by atoms with van der Waals surface area (Å²) >= 11 is 0. The fourth-order valence-corrected chi connectivity index (χ4v) is 5.27. The number of hydrogen-bond donors (Lipinski definition) is 2. The minimum atomic E-state index is -0.704. The van der Waals surface area contributed by atoms with Gasteiger partial charge in [-0.2, -0.15) is 0 Å². The van der Waals surface area contributed by atoms with E-state index in [0.717, 1.165) is 55.9 Å². The molecule has 2 N–H and O–H groups in total. The average Bonchev–Trinajstić information content (AvgIpc) is 2.73. The summed E-state index contributed by atoms with van der Waals surface area (Å²) in [6.07, 6.45) is 7.02. The van der Waals surface area contributed by atoms with E-state index in [1.807, 2.05) is 19.2 Å². The van der Waals surface area contributed by atoms with E-state index in [9.17, 15) is 4.21 Å². The maximum absolute atomic E-state index is 12.2. The van der Waals surface area contributed by atoms with E-state index >= 15 is 0 Å². The highest BCUT2D eigenvalue weighted by atomic mass is 127. The smallest absolute Gasteiger partial charge is 0.191 e. The molecule has 1 aromatic heterocycles. The molecule has 1 aliphatic rings. The number of pyridine rings is 1. The standard InChI is InChI=1S/C22H32N4OS.HI/c1-3-23-22(26-19-11-6-12-20(16-19)28(27)4-2)25-15-13-18-9-5-8-17-10-7-14-24-21(17)18;/h5,7-10,14,19-20H,3-4,6,11-13,15-16H2,1-2H3,(H2,23,25,26);1H. The summed E-state index contributed by atoms with van der Waals surface area (Å²) in [5, 5.41) is 8.43. The number of nitrogens with zero attached hydrogens (tertiary/aromatic N) is 2. The van der Waals surface area contributed by atoms with Crippen LogP contribution in [-0.2, 0) is 17.2 Å². The molecule has 0 spiro atoms. The van der Waals surface area contributed by atoms with E-state index in [4.69, 9.17) is 4.99 Å². The lowest BCUT2D eigenvalue weighted by Crippen LogP contribution is -2.46. The molecule has 1 saturated carbocycles. The molecule has 160 valence electrons. The van der Waals surface area contributed by atoms with Gasteiger partial charge in [0.25, 0.3) is 0 Å². The monoisotopic (exact) mass is 528 g/mol. The number of fused-ring (bicyclic) bond motifs is 1. The molecule has 5 nitrogen and oxygen atoms in total. The van der Waals surface area contributed by atoms with E-state index in [-0.39, 0.29) is 24.0 Å². The Labute approximate surface area is 194 Å². The summed E-state index contributed by atoms with van der Waals surface area (Å²) in [5.41, 5.74) is 2.30. The number of guanidine groups is 1. The molecule has 1 aliphatic carbocycles. The molecule has 29 heavy (non-hydrogen) atoms. The van der Waals surface area contributed by atoms with Gasteiger partial charge in [-0.05, 0) is 44.2 Å². The first kappa shape index (κ1) is 24.1. The highest BCUT2D eigenvalue weighted by Gasteiger charge is 2.26. The van der Waals surface area contributed by atoms with Gasteiger partial charge in [0.1, 0.15) is 0 Å². The molecule has 0 radical (unpaired) electrons. The van der Waals surface area contributed by atoms with Gasteiger partial charge in [0.2, 0.25) is 0 Å². The number of aliphatic imine (C=N–C) groups is 1. The van der Waals surface area contributed by atoms with E-state index in [1.54, 1.807) is 0 Å². The van der Waals surface area contributed by atoms with Crippen LogP contribution in [0.15, 0.2) is 41.5 Å². The highest BCUT2D eigenvalue weighted by Crippen LogP contribution is 2.23. The van der Waals surface area contributed by atoms with Crippen LogP contribution < -0.4 is 10.6 Å². The molecule has 3 atom stereocenters. The van der Waals surface area contributed by atoms with Crippen molar-refractivity contribution in [3.05, 3.63) is 42.1 Å². The fourth-order valence-electron chi connectivity index (χ4n) is 3.92. The molecule has 3 unspecified atom stereocenters. The van der Waals surface area contributed by atoms with Gasteiger partial charge < -0.3 is 10.6 Å². The zero-order chi connectivity index (χ0) is 19.8. The van der Waals surface area contributed by atoms with Crippen LogP contribution in [0.5, 0.6) is 0 Å². The number of aromatic nitrogens is 1. The van der Waals surface area contributed by atoms with Crippen molar-refractivity contribution in [3.8, 4) is 0 Å². The topological polar surface area (TPSA) is 66.4 Å². The van der Waals surface area contributed by atoms with Crippen molar-refractivity contribution in [2.24, 2.45) is 4.99 Å². The Morgan fingerprint density at radius 1 is 1.24 bits per heavy atom. The number of nitrogens with one attached hydrogen (secondary N) is 2. The first-order valence-electron chi connectivity index (χ1n) is 10.5. The third-order valence-electron chi connectivity index (χ3n) is 5.33. The van der Waals surface area contributed by atoms with E-state index in [2.05, 4.69) is 46.8 Å². The molecule has 0 bridgehead atoms. The average molecular weight is 529 g/mol. The molecular formula is C22H33IN4OS. The Bertz CT molecular complexity index is 824. The molecule has 3 rings (SSSR count). The zero-order valence-corrected chi connectivity index (χ0v) is 20.5. The predicted octanol–water partition coefficient (Wildman–Crippen LogP) is 4.03. The van der Waals surface area contributed by atoms with Crippen LogP contribution in [0, 0.1) is 0 Å². The Kier molecular flexibility index (Phi) is 10.3. The van der Waals surface area contributed by atoms with Crippen LogP contribution >= 0.6 is 24.0 Å². The number of halogens is 1. The fraction of sp³-hybridized carbons (Fsp3) is 0.545. The quantitative estimate of drug-likeness (QED) is 0.324. The normalized spacial score (nSPS) is 20.7. The molecule has 1 aromatic carbocycles. The first-order valence-corrected chi connectivity index (χ1v) is 11.8.